The molecule has 6 heteroatoms. The lowest BCUT2D eigenvalue weighted by Gasteiger charge is -2.13. The second-order valence-corrected chi connectivity index (χ2v) is 6.86. The Labute approximate surface area is 113 Å². The Kier molecular flexibility index (Phi) is 5.49. The summed E-state index contributed by atoms with van der Waals surface area (Å²) in [5, 5.41) is 0. The lowest BCUT2D eigenvalue weighted by molar-refractivity contribution is 0.580. The number of hydrogen-bond acceptors (Lipinski definition) is 4. The van der Waals surface area contributed by atoms with Crippen molar-refractivity contribution in [1.82, 2.24) is 4.72 Å². The Hall–Kier alpha value is -0.720. The molecular weight excluding hydrogens is 268 g/mol. The number of nitrogens with one attached hydrogen (secondary N) is 1. The van der Waals surface area contributed by atoms with Gasteiger partial charge < -0.3 is 5.73 Å². The summed E-state index contributed by atoms with van der Waals surface area (Å²) in [7, 11) is -3.46. The van der Waals surface area contributed by atoms with Crippen LogP contribution < -0.4 is 10.5 Å². The van der Waals surface area contributed by atoms with Crippen molar-refractivity contribution in [3.8, 4) is 0 Å². The highest BCUT2D eigenvalue weighted by atomic mass is 32.2. The van der Waals surface area contributed by atoms with Crippen LogP contribution in [0, 0.1) is 13.8 Å². The molecule has 0 fully saturated rings. The van der Waals surface area contributed by atoms with Crippen molar-refractivity contribution in [3.63, 3.8) is 0 Å². The van der Waals surface area contributed by atoms with E-state index in [1.54, 1.807) is 37.7 Å². The molecule has 1 aromatic rings. The molecule has 0 bridgehead atoms. The fourth-order valence-electron chi connectivity index (χ4n) is 1.75. The highest BCUT2D eigenvalue weighted by Gasteiger charge is 2.20. The normalized spacial score (nSPS) is 11.7. The fraction of sp³-hybridized carbons (Fsp3) is 0.500. The minimum atomic E-state index is -3.46. The van der Waals surface area contributed by atoms with Crippen LogP contribution in [-0.2, 0) is 10.0 Å². The molecule has 1 rings (SSSR count). The molecule has 0 saturated carbocycles. The zero-order chi connectivity index (χ0) is 13.8. The predicted octanol–water partition coefficient (Wildman–Crippen LogP) is 1.92. The van der Waals surface area contributed by atoms with E-state index in [9.17, 15) is 8.42 Å². The van der Waals surface area contributed by atoms with Gasteiger partial charge in [-0.15, -0.1) is 0 Å². The Bertz CT molecular complexity index is 513. The Morgan fingerprint density at radius 2 is 2.00 bits per heavy atom. The largest absolute Gasteiger partial charge is 0.398 e. The molecule has 0 heterocycles. The van der Waals surface area contributed by atoms with Crippen molar-refractivity contribution < 1.29 is 8.42 Å². The van der Waals surface area contributed by atoms with Crippen LogP contribution in [0.4, 0.5) is 5.69 Å². The highest BCUT2D eigenvalue weighted by molar-refractivity contribution is 7.98. The van der Waals surface area contributed by atoms with Crippen molar-refractivity contribution in [2.75, 3.05) is 24.3 Å². The zero-order valence-electron chi connectivity index (χ0n) is 11.0. The molecule has 0 spiro atoms. The lowest BCUT2D eigenvalue weighted by atomic mass is 10.1. The molecule has 0 saturated heterocycles. The smallest absolute Gasteiger partial charge is 0.241 e. The number of thioether (sulfide) groups is 1. The van der Waals surface area contributed by atoms with Gasteiger partial charge in [-0.25, -0.2) is 13.1 Å². The van der Waals surface area contributed by atoms with Crippen molar-refractivity contribution in [1.29, 1.82) is 0 Å². The van der Waals surface area contributed by atoms with E-state index in [0.29, 0.717) is 22.7 Å². The number of rotatable bonds is 6. The van der Waals surface area contributed by atoms with Gasteiger partial charge in [0.25, 0.3) is 0 Å². The summed E-state index contributed by atoms with van der Waals surface area (Å²) < 4.78 is 27.1. The highest BCUT2D eigenvalue weighted by Crippen LogP contribution is 2.24. The summed E-state index contributed by atoms with van der Waals surface area (Å²) in [6.45, 7) is 3.97. The Morgan fingerprint density at radius 1 is 1.33 bits per heavy atom. The molecule has 0 aliphatic rings. The number of aryl methyl sites for hydroxylation is 1. The molecule has 0 amide bonds. The lowest BCUT2D eigenvalue weighted by Crippen LogP contribution is -2.26. The zero-order valence-corrected chi connectivity index (χ0v) is 12.6. The predicted molar refractivity (Wildman–Crippen MR) is 78.5 cm³/mol. The monoisotopic (exact) mass is 288 g/mol. The number of benzene rings is 1. The third-order valence-electron chi connectivity index (χ3n) is 2.73. The van der Waals surface area contributed by atoms with Gasteiger partial charge in [-0.1, -0.05) is 6.07 Å². The minimum Gasteiger partial charge on any atom is -0.398 e. The number of hydrogen-bond donors (Lipinski definition) is 2. The van der Waals surface area contributed by atoms with Gasteiger partial charge in [-0.05, 0) is 49.5 Å². The van der Waals surface area contributed by atoms with E-state index in [0.717, 1.165) is 17.7 Å². The first-order valence-corrected chi connectivity index (χ1v) is 8.62. The Balaban J connectivity index is 2.95. The first kappa shape index (κ1) is 15.3. The second kappa shape index (κ2) is 6.45. The van der Waals surface area contributed by atoms with Crippen LogP contribution in [0.2, 0.25) is 0 Å². The van der Waals surface area contributed by atoms with E-state index in [1.165, 1.54) is 0 Å². The maximum atomic E-state index is 12.2. The molecular formula is C12H20N2O2S2. The average Bonchev–Trinajstić information content (AvgIpc) is 2.30. The molecule has 0 radical (unpaired) electrons. The maximum Gasteiger partial charge on any atom is 0.241 e. The van der Waals surface area contributed by atoms with Crippen molar-refractivity contribution in [2.45, 2.75) is 25.2 Å². The third-order valence-corrected chi connectivity index (χ3v) is 5.18. The molecule has 0 unspecified atom stereocenters. The molecule has 3 N–H and O–H groups in total. The average molecular weight is 288 g/mol. The summed E-state index contributed by atoms with van der Waals surface area (Å²) in [5.74, 6) is 0.942. The summed E-state index contributed by atoms with van der Waals surface area (Å²) in [6, 6.07) is 3.47. The summed E-state index contributed by atoms with van der Waals surface area (Å²) in [6.07, 6.45) is 2.82. The molecule has 18 heavy (non-hydrogen) atoms. The van der Waals surface area contributed by atoms with Crippen molar-refractivity contribution >= 4 is 27.5 Å². The topological polar surface area (TPSA) is 72.2 Å². The van der Waals surface area contributed by atoms with Crippen LogP contribution in [0.5, 0.6) is 0 Å². The minimum absolute atomic E-state index is 0.312. The standard InChI is InChI=1S/C12H20N2O2S2/c1-9-5-6-11(13)10(2)12(9)18(15,16)14-7-4-8-17-3/h5-6,14H,4,7-8,13H2,1-3H3. The van der Waals surface area contributed by atoms with Gasteiger partial charge in [-0.2, -0.15) is 11.8 Å². The molecule has 0 aromatic heterocycles. The van der Waals surface area contributed by atoms with Gasteiger partial charge in [0.1, 0.15) is 0 Å². The maximum absolute atomic E-state index is 12.2. The van der Waals surface area contributed by atoms with Gasteiger partial charge in [0.05, 0.1) is 4.90 Å². The molecule has 0 aliphatic heterocycles. The number of anilines is 1. The van der Waals surface area contributed by atoms with E-state index in [4.69, 9.17) is 5.73 Å². The van der Waals surface area contributed by atoms with Crippen LogP contribution in [0.15, 0.2) is 17.0 Å². The first-order chi connectivity index (χ1) is 8.40. The molecule has 4 nitrogen and oxygen atoms in total. The third kappa shape index (κ3) is 3.63. The van der Waals surface area contributed by atoms with Gasteiger partial charge >= 0.3 is 0 Å². The van der Waals surface area contributed by atoms with E-state index in [-0.39, 0.29) is 0 Å². The first-order valence-electron chi connectivity index (χ1n) is 5.74. The molecule has 102 valence electrons. The summed E-state index contributed by atoms with van der Waals surface area (Å²) in [4.78, 5) is 0.312. The van der Waals surface area contributed by atoms with Gasteiger partial charge in [0, 0.05) is 12.2 Å². The quantitative estimate of drug-likeness (QED) is 0.619. The van der Waals surface area contributed by atoms with Gasteiger partial charge in [0.15, 0.2) is 0 Å². The molecule has 0 aliphatic carbocycles. The molecule has 0 atom stereocenters. The summed E-state index contributed by atoms with van der Waals surface area (Å²) >= 11 is 1.70. The number of nitrogens with two attached hydrogens (primary N) is 1. The molecule has 1 aromatic carbocycles. The number of nitrogen functional groups attached to an aromatic ring is 1. The van der Waals surface area contributed by atoms with E-state index >= 15 is 0 Å². The van der Waals surface area contributed by atoms with E-state index in [2.05, 4.69) is 4.72 Å². The SMILES string of the molecule is CSCCCNS(=O)(=O)c1c(C)ccc(N)c1C. The van der Waals surface area contributed by atoms with Crippen LogP contribution in [0.1, 0.15) is 17.5 Å². The van der Waals surface area contributed by atoms with Crippen LogP contribution >= 0.6 is 11.8 Å². The van der Waals surface area contributed by atoms with E-state index in [1.807, 2.05) is 6.26 Å². The van der Waals surface area contributed by atoms with Crippen LogP contribution in [-0.4, -0.2) is 27.0 Å². The van der Waals surface area contributed by atoms with E-state index < -0.39 is 10.0 Å². The fourth-order valence-corrected chi connectivity index (χ4v) is 3.75. The van der Waals surface area contributed by atoms with Crippen molar-refractivity contribution in [3.05, 3.63) is 23.3 Å². The van der Waals surface area contributed by atoms with Gasteiger partial charge in [0.2, 0.25) is 10.0 Å². The number of sulfonamides is 1. The Morgan fingerprint density at radius 3 is 2.61 bits per heavy atom. The van der Waals surface area contributed by atoms with Crippen LogP contribution in [0.3, 0.4) is 0 Å². The van der Waals surface area contributed by atoms with Crippen LogP contribution in [0.25, 0.3) is 0 Å². The summed E-state index contributed by atoms with van der Waals surface area (Å²) in [5.41, 5.74) is 7.61. The van der Waals surface area contributed by atoms with Crippen molar-refractivity contribution in [2.24, 2.45) is 0 Å². The van der Waals surface area contributed by atoms with Gasteiger partial charge in [-0.3, -0.25) is 0 Å². The second-order valence-electron chi connectivity index (χ2n) is 4.17.